The van der Waals surface area contributed by atoms with E-state index in [1.54, 1.807) is 11.3 Å². The Morgan fingerprint density at radius 2 is 2.18 bits per heavy atom. The van der Waals surface area contributed by atoms with Gasteiger partial charge in [-0.1, -0.05) is 13.3 Å². The fraction of sp³-hybridized carbons (Fsp3) is 0.714. The molecule has 0 saturated carbocycles. The molecule has 1 aromatic heterocycles. The highest BCUT2D eigenvalue weighted by Gasteiger charge is 2.12. The van der Waals surface area contributed by atoms with Crippen molar-refractivity contribution in [1.29, 1.82) is 0 Å². The molecular formula is C14H24N2S. The lowest BCUT2D eigenvalue weighted by Gasteiger charge is -2.29. The number of rotatable bonds is 6. The van der Waals surface area contributed by atoms with Crippen molar-refractivity contribution >= 4 is 11.3 Å². The standard InChI is InChI=1S/C14H24N2S/c1-13(11-16-6-3-2-4-7-16)9-15-10-14-5-8-17-12-14/h5,8,12-13,15H,2-4,6-7,9-11H2,1H3. The molecule has 0 bridgehead atoms. The molecule has 1 atom stereocenters. The molecule has 1 saturated heterocycles. The van der Waals surface area contributed by atoms with Gasteiger partial charge >= 0.3 is 0 Å². The van der Waals surface area contributed by atoms with Gasteiger partial charge in [-0.15, -0.1) is 0 Å². The summed E-state index contributed by atoms with van der Waals surface area (Å²) in [4.78, 5) is 2.63. The molecule has 0 amide bonds. The molecule has 96 valence electrons. The van der Waals surface area contributed by atoms with Gasteiger partial charge in [-0.05, 0) is 60.8 Å². The lowest BCUT2D eigenvalue weighted by atomic mass is 10.1. The van der Waals surface area contributed by atoms with Gasteiger partial charge in [-0.25, -0.2) is 0 Å². The van der Waals surface area contributed by atoms with E-state index in [9.17, 15) is 0 Å². The zero-order valence-corrected chi connectivity index (χ0v) is 11.6. The molecule has 2 heterocycles. The highest BCUT2D eigenvalue weighted by molar-refractivity contribution is 7.07. The van der Waals surface area contributed by atoms with E-state index in [4.69, 9.17) is 0 Å². The van der Waals surface area contributed by atoms with Crippen LogP contribution in [0.4, 0.5) is 0 Å². The maximum atomic E-state index is 3.56. The van der Waals surface area contributed by atoms with Crippen LogP contribution < -0.4 is 5.32 Å². The predicted molar refractivity (Wildman–Crippen MR) is 75.5 cm³/mol. The van der Waals surface area contributed by atoms with E-state index in [1.807, 2.05) is 0 Å². The Hall–Kier alpha value is -0.380. The van der Waals surface area contributed by atoms with E-state index in [0.29, 0.717) is 0 Å². The quantitative estimate of drug-likeness (QED) is 0.837. The molecule has 1 aliphatic rings. The van der Waals surface area contributed by atoms with Crippen molar-refractivity contribution in [1.82, 2.24) is 10.2 Å². The van der Waals surface area contributed by atoms with Gasteiger partial charge in [-0.2, -0.15) is 11.3 Å². The highest BCUT2D eigenvalue weighted by Crippen LogP contribution is 2.11. The van der Waals surface area contributed by atoms with Crippen molar-refractivity contribution in [2.75, 3.05) is 26.2 Å². The third-order valence-corrected chi connectivity index (χ3v) is 4.15. The van der Waals surface area contributed by atoms with Gasteiger partial charge in [0.25, 0.3) is 0 Å². The number of hydrogen-bond donors (Lipinski definition) is 1. The minimum atomic E-state index is 0.756. The molecule has 0 radical (unpaired) electrons. The summed E-state index contributed by atoms with van der Waals surface area (Å²) in [5.74, 6) is 0.756. The molecule has 0 aliphatic carbocycles. The Bertz CT molecular complexity index is 291. The fourth-order valence-corrected chi connectivity index (χ4v) is 3.17. The van der Waals surface area contributed by atoms with E-state index in [0.717, 1.165) is 19.0 Å². The summed E-state index contributed by atoms with van der Waals surface area (Å²) < 4.78 is 0. The molecule has 0 spiro atoms. The van der Waals surface area contributed by atoms with Crippen molar-refractivity contribution in [3.8, 4) is 0 Å². The van der Waals surface area contributed by atoms with Crippen molar-refractivity contribution < 1.29 is 0 Å². The van der Waals surface area contributed by atoms with Crippen molar-refractivity contribution in [2.45, 2.75) is 32.7 Å². The molecule has 1 fully saturated rings. The minimum Gasteiger partial charge on any atom is -0.312 e. The first-order valence-electron chi connectivity index (χ1n) is 6.79. The van der Waals surface area contributed by atoms with E-state index in [1.165, 1.54) is 44.5 Å². The Morgan fingerprint density at radius 3 is 2.88 bits per heavy atom. The van der Waals surface area contributed by atoms with Crippen LogP contribution in [0, 0.1) is 5.92 Å². The van der Waals surface area contributed by atoms with Crippen LogP contribution in [0.2, 0.25) is 0 Å². The van der Waals surface area contributed by atoms with E-state index < -0.39 is 0 Å². The van der Waals surface area contributed by atoms with Crippen molar-refractivity contribution in [3.05, 3.63) is 22.4 Å². The predicted octanol–water partition coefficient (Wildman–Crippen LogP) is 2.96. The SMILES string of the molecule is CC(CNCc1ccsc1)CN1CCCCC1. The molecular weight excluding hydrogens is 228 g/mol. The Labute approximate surface area is 109 Å². The summed E-state index contributed by atoms with van der Waals surface area (Å²) >= 11 is 1.78. The number of likely N-dealkylation sites (tertiary alicyclic amines) is 1. The Balaban J connectivity index is 1.58. The first-order valence-corrected chi connectivity index (χ1v) is 7.73. The third kappa shape index (κ3) is 4.78. The normalized spacial score (nSPS) is 19.4. The monoisotopic (exact) mass is 252 g/mol. The molecule has 17 heavy (non-hydrogen) atoms. The highest BCUT2D eigenvalue weighted by atomic mass is 32.1. The molecule has 0 aromatic carbocycles. The van der Waals surface area contributed by atoms with E-state index >= 15 is 0 Å². The van der Waals surface area contributed by atoms with Crippen LogP contribution >= 0.6 is 11.3 Å². The maximum absolute atomic E-state index is 3.56. The number of nitrogens with zero attached hydrogens (tertiary/aromatic N) is 1. The van der Waals surface area contributed by atoms with Gasteiger partial charge in [0, 0.05) is 13.1 Å². The number of hydrogen-bond acceptors (Lipinski definition) is 3. The van der Waals surface area contributed by atoms with Crippen LogP contribution in [0.1, 0.15) is 31.7 Å². The third-order valence-electron chi connectivity index (χ3n) is 3.42. The van der Waals surface area contributed by atoms with Gasteiger partial charge in [0.05, 0.1) is 0 Å². The topological polar surface area (TPSA) is 15.3 Å². The Morgan fingerprint density at radius 1 is 1.35 bits per heavy atom. The summed E-state index contributed by atoms with van der Waals surface area (Å²) in [6.45, 7) is 8.40. The van der Waals surface area contributed by atoms with Crippen LogP contribution in [0.3, 0.4) is 0 Å². The van der Waals surface area contributed by atoms with Crippen LogP contribution in [0.15, 0.2) is 16.8 Å². The van der Waals surface area contributed by atoms with Crippen LogP contribution in [0.25, 0.3) is 0 Å². The van der Waals surface area contributed by atoms with Crippen LogP contribution in [0.5, 0.6) is 0 Å². The average Bonchev–Trinajstić information content (AvgIpc) is 2.83. The van der Waals surface area contributed by atoms with Crippen molar-refractivity contribution in [2.24, 2.45) is 5.92 Å². The minimum absolute atomic E-state index is 0.756. The molecule has 1 aromatic rings. The first kappa shape index (κ1) is 13.1. The zero-order chi connectivity index (χ0) is 11.9. The van der Waals surface area contributed by atoms with Gasteiger partial charge in [0.15, 0.2) is 0 Å². The smallest absolute Gasteiger partial charge is 0.0213 e. The van der Waals surface area contributed by atoms with Crippen LogP contribution in [-0.4, -0.2) is 31.1 Å². The summed E-state index contributed by atoms with van der Waals surface area (Å²) in [5, 5.41) is 7.93. The van der Waals surface area contributed by atoms with Crippen LogP contribution in [-0.2, 0) is 6.54 Å². The lowest BCUT2D eigenvalue weighted by molar-refractivity contribution is 0.199. The maximum Gasteiger partial charge on any atom is 0.0213 e. The molecule has 1 N–H and O–H groups in total. The second kappa shape index (κ2) is 7.14. The Kier molecular flexibility index (Phi) is 5.49. The van der Waals surface area contributed by atoms with E-state index in [2.05, 4.69) is 34.0 Å². The number of piperidine rings is 1. The summed E-state index contributed by atoms with van der Waals surface area (Å²) in [7, 11) is 0. The van der Waals surface area contributed by atoms with E-state index in [-0.39, 0.29) is 0 Å². The molecule has 3 heteroatoms. The zero-order valence-electron chi connectivity index (χ0n) is 10.8. The summed E-state index contributed by atoms with van der Waals surface area (Å²) in [6, 6.07) is 2.20. The van der Waals surface area contributed by atoms with Gasteiger partial charge < -0.3 is 10.2 Å². The summed E-state index contributed by atoms with van der Waals surface area (Å²) in [5.41, 5.74) is 1.42. The lowest BCUT2D eigenvalue weighted by Crippen LogP contribution is -2.36. The number of nitrogens with one attached hydrogen (secondary N) is 1. The molecule has 1 unspecified atom stereocenters. The second-order valence-electron chi connectivity index (χ2n) is 5.23. The van der Waals surface area contributed by atoms with Gasteiger partial charge in [0.1, 0.15) is 0 Å². The molecule has 2 nitrogen and oxygen atoms in total. The van der Waals surface area contributed by atoms with Gasteiger partial charge in [-0.3, -0.25) is 0 Å². The molecule has 2 rings (SSSR count). The average molecular weight is 252 g/mol. The van der Waals surface area contributed by atoms with Crippen molar-refractivity contribution in [3.63, 3.8) is 0 Å². The largest absolute Gasteiger partial charge is 0.312 e. The number of thiophene rings is 1. The fourth-order valence-electron chi connectivity index (χ4n) is 2.50. The summed E-state index contributed by atoms with van der Waals surface area (Å²) in [6.07, 6.45) is 4.23. The van der Waals surface area contributed by atoms with Gasteiger partial charge in [0.2, 0.25) is 0 Å². The molecule has 1 aliphatic heterocycles. The second-order valence-corrected chi connectivity index (χ2v) is 6.01. The first-order chi connectivity index (χ1) is 8.34.